The van der Waals surface area contributed by atoms with Gasteiger partial charge in [0.15, 0.2) is 5.15 Å². The van der Waals surface area contributed by atoms with Gasteiger partial charge in [-0.1, -0.05) is 18.5 Å². The first-order valence-electron chi connectivity index (χ1n) is 5.85. The Labute approximate surface area is 118 Å². The van der Waals surface area contributed by atoms with Gasteiger partial charge in [0.05, 0.1) is 5.56 Å². The molecule has 100 valence electrons. The maximum absolute atomic E-state index is 9.22. The van der Waals surface area contributed by atoms with E-state index in [-0.39, 0.29) is 16.6 Å². The zero-order chi connectivity index (χ0) is 14.4. The number of rotatable bonds is 5. The maximum atomic E-state index is 9.22. The zero-order valence-corrected chi connectivity index (χ0v) is 12.0. The Morgan fingerprint density at radius 1 is 1.26 bits per heavy atom. The van der Waals surface area contributed by atoms with Crippen molar-refractivity contribution in [1.82, 2.24) is 9.88 Å². The van der Waals surface area contributed by atoms with Gasteiger partial charge < -0.3 is 9.64 Å². The highest BCUT2D eigenvalue weighted by atomic mass is 35.5. The standard InChI is InChI=1S/C13H15ClN4O/c1-4-9-10(7-15)12(14)17-13(11(9)8-16)19-6-5-18(2)3/h4-6H2,1-3H3. The Kier molecular flexibility index (Phi) is 5.57. The number of halogens is 1. The summed E-state index contributed by atoms with van der Waals surface area (Å²) in [5.41, 5.74) is 1.13. The van der Waals surface area contributed by atoms with Crippen LogP contribution in [0.15, 0.2) is 0 Å². The van der Waals surface area contributed by atoms with Crippen molar-refractivity contribution >= 4 is 11.6 Å². The largest absolute Gasteiger partial charge is 0.475 e. The lowest BCUT2D eigenvalue weighted by molar-refractivity contribution is 0.253. The zero-order valence-electron chi connectivity index (χ0n) is 11.2. The van der Waals surface area contributed by atoms with E-state index < -0.39 is 0 Å². The smallest absolute Gasteiger partial charge is 0.233 e. The Bertz CT molecular complexity index is 543. The molecule has 0 aliphatic heterocycles. The molecule has 1 rings (SSSR count). The summed E-state index contributed by atoms with van der Waals surface area (Å²) in [6, 6.07) is 4.03. The fourth-order valence-corrected chi connectivity index (χ4v) is 1.82. The molecule has 0 aromatic carbocycles. The number of ether oxygens (including phenoxy) is 1. The average Bonchev–Trinajstić information content (AvgIpc) is 2.37. The summed E-state index contributed by atoms with van der Waals surface area (Å²) in [4.78, 5) is 5.96. The van der Waals surface area contributed by atoms with E-state index in [0.717, 1.165) is 0 Å². The van der Waals surface area contributed by atoms with Crippen molar-refractivity contribution in [3.05, 3.63) is 21.8 Å². The van der Waals surface area contributed by atoms with Gasteiger partial charge in [-0.2, -0.15) is 15.5 Å². The first-order valence-corrected chi connectivity index (χ1v) is 6.23. The van der Waals surface area contributed by atoms with Gasteiger partial charge in [-0.3, -0.25) is 0 Å². The van der Waals surface area contributed by atoms with E-state index in [1.165, 1.54) is 0 Å². The fraction of sp³-hybridized carbons (Fsp3) is 0.462. The molecular weight excluding hydrogens is 264 g/mol. The molecule has 0 fully saturated rings. The number of nitriles is 2. The Morgan fingerprint density at radius 3 is 2.37 bits per heavy atom. The van der Waals surface area contributed by atoms with Crippen LogP contribution in [0.5, 0.6) is 5.88 Å². The molecule has 0 spiro atoms. The van der Waals surface area contributed by atoms with Crippen LogP contribution in [-0.2, 0) is 6.42 Å². The van der Waals surface area contributed by atoms with Crippen LogP contribution in [0.25, 0.3) is 0 Å². The van der Waals surface area contributed by atoms with Gasteiger partial charge in [0.2, 0.25) is 5.88 Å². The summed E-state index contributed by atoms with van der Waals surface area (Å²) in [6.07, 6.45) is 0.526. The van der Waals surface area contributed by atoms with Crippen LogP contribution in [0.4, 0.5) is 0 Å². The summed E-state index contributed by atoms with van der Waals surface area (Å²) in [7, 11) is 3.84. The van der Waals surface area contributed by atoms with Gasteiger partial charge in [0, 0.05) is 6.54 Å². The van der Waals surface area contributed by atoms with Crippen LogP contribution in [0.3, 0.4) is 0 Å². The van der Waals surface area contributed by atoms with Crippen molar-refractivity contribution in [3.63, 3.8) is 0 Å². The first-order chi connectivity index (χ1) is 9.04. The van der Waals surface area contributed by atoms with Crippen molar-refractivity contribution in [3.8, 4) is 18.0 Å². The lowest BCUT2D eigenvalue weighted by Gasteiger charge is -2.13. The molecular formula is C13H15ClN4O. The Hall–Kier alpha value is -1.82. The minimum Gasteiger partial charge on any atom is -0.475 e. The number of hydrogen-bond acceptors (Lipinski definition) is 5. The van der Waals surface area contributed by atoms with E-state index in [4.69, 9.17) is 21.6 Å². The molecule has 1 aromatic rings. The second-order valence-electron chi connectivity index (χ2n) is 4.17. The predicted molar refractivity (Wildman–Crippen MR) is 72.1 cm³/mol. The van der Waals surface area contributed by atoms with Gasteiger partial charge in [0.25, 0.3) is 0 Å². The topological polar surface area (TPSA) is 72.9 Å². The molecule has 0 unspecified atom stereocenters. The van der Waals surface area contributed by atoms with Crippen molar-refractivity contribution in [1.29, 1.82) is 10.5 Å². The van der Waals surface area contributed by atoms with E-state index in [1.807, 2.05) is 38.1 Å². The molecule has 0 N–H and O–H groups in total. The molecule has 0 saturated carbocycles. The monoisotopic (exact) mass is 278 g/mol. The highest BCUT2D eigenvalue weighted by Crippen LogP contribution is 2.28. The Balaban J connectivity index is 3.16. The SMILES string of the molecule is CCc1c(C#N)c(Cl)nc(OCCN(C)C)c1C#N. The van der Waals surface area contributed by atoms with Crippen LogP contribution in [-0.4, -0.2) is 37.1 Å². The minimum absolute atomic E-state index is 0.0817. The number of hydrogen-bond donors (Lipinski definition) is 0. The van der Waals surface area contributed by atoms with Crippen LogP contribution in [0.1, 0.15) is 23.6 Å². The fourth-order valence-electron chi connectivity index (χ4n) is 1.59. The van der Waals surface area contributed by atoms with Crippen molar-refractivity contribution in [2.75, 3.05) is 27.2 Å². The van der Waals surface area contributed by atoms with E-state index in [9.17, 15) is 5.26 Å². The van der Waals surface area contributed by atoms with Crippen molar-refractivity contribution < 1.29 is 4.74 Å². The summed E-state index contributed by atoms with van der Waals surface area (Å²) in [5, 5.41) is 18.4. The second-order valence-corrected chi connectivity index (χ2v) is 4.52. The molecule has 1 heterocycles. The van der Waals surface area contributed by atoms with Crippen LogP contribution in [0, 0.1) is 22.7 Å². The molecule has 0 aliphatic carbocycles. The molecule has 5 nitrogen and oxygen atoms in total. The lowest BCUT2D eigenvalue weighted by Crippen LogP contribution is -2.20. The third-order valence-electron chi connectivity index (χ3n) is 2.58. The normalized spacial score (nSPS) is 10.1. The number of pyridine rings is 1. The predicted octanol–water partition coefficient (Wildman–Crippen LogP) is 1.98. The maximum Gasteiger partial charge on any atom is 0.233 e. The molecule has 0 saturated heterocycles. The van der Waals surface area contributed by atoms with Gasteiger partial charge >= 0.3 is 0 Å². The van der Waals surface area contributed by atoms with E-state index >= 15 is 0 Å². The third-order valence-corrected chi connectivity index (χ3v) is 2.85. The highest BCUT2D eigenvalue weighted by Gasteiger charge is 2.18. The van der Waals surface area contributed by atoms with E-state index in [0.29, 0.717) is 30.7 Å². The Morgan fingerprint density at radius 2 is 1.89 bits per heavy atom. The molecule has 0 amide bonds. The molecule has 0 radical (unpaired) electrons. The summed E-state index contributed by atoms with van der Waals surface area (Å²) < 4.78 is 5.49. The van der Waals surface area contributed by atoms with Gasteiger partial charge in [-0.15, -0.1) is 0 Å². The highest BCUT2D eigenvalue weighted by molar-refractivity contribution is 6.30. The van der Waals surface area contributed by atoms with Crippen LogP contribution in [0.2, 0.25) is 5.15 Å². The van der Waals surface area contributed by atoms with Gasteiger partial charge in [-0.05, 0) is 26.1 Å². The third kappa shape index (κ3) is 3.57. The molecule has 0 bridgehead atoms. The molecule has 0 atom stereocenters. The van der Waals surface area contributed by atoms with Gasteiger partial charge in [0.1, 0.15) is 24.3 Å². The van der Waals surface area contributed by atoms with Crippen molar-refractivity contribution in [2.45, 2.75) is 13.3 Å². The van der Waals surface area contributed by atoms with Crippen molar-refractivity contribution in [2.24, 2.45) is 0 Å². The molecule has 0 aliphatic rings. The lowest BCUT2D eigenvalue weighted by atomic mass is 10.0. The number of aromatic nitrogens is 1. The van der Waals surface area contributed by atoms with Crippen LogP contribution >= 0.6 is 11.6 Å². The molecule has 6 heteroatoms. The summed E-state index contributed by atoms with van der Waals surface area (Å²) in [6.45, 7) is 2.96. The quantitative estimate of drug-likeness (QED) is 0.770. The molecule has 19 heavy (non-hydrogen) atoms. The average molecular weight is 279 g/mol. The van der Waals surface area contributed by atoms with Crippen LogP contribution < -0.4 is 4.74 Å². The number of likely N-dealkylation sites (N-methyl/N-ethyl adjacent to an activating group) is 1. The number of nitrogens with zero attached hydrogens (tertiary/aromatic N) is 4. The first kappa shape index (κ1) is 15.2. The van der Waals surface area contributed by atoms with Gasteiger partial charge in [-0.25, -0.2) is 0 Å². The molecule has 1 aromatic heterocycles. The van der Waals surface area contributed by atoms with E-state index in [2.05, 4.69) is 4.98 Å². The summed E-state index contributed by atoms with van der Waals surface area (Å²) >= 11 is 5.95. The second kappa shape index (κ2) is 6.94. The van der Waals surface area contributed by atoms with E-state index in [1.54, 1.807) is 0 Å². The summed E-state index contributed by atoms with van der Waals surface area (Å²) in [5.74, 6) is 0.199. The minimum atomic E-state index is 0.0817.